The van der Waals surface area contributed by atoms with E-state index in [1.807, 2.05) is 36.4 Å². The largest absolute Gasteiger partial charge is 0.378 e. The minimum absolute atomic E-state index is 0.387. The van der Waals surface area contributed by atoms with E-state index in [1.165, 1.54) is 0 Å². The molecule has 3 aromatic rings. The molecule has 2 aromatic heterocycles. The number of fused-ring (bicyclic) bond motifs is 1. The molecule has 0 radical (unpaired) electrons. The minimum atomic E-state index is 0.387. The average molecular weight is 415 g/mol. The Balaban J connectivity index is 1.62. The fourth-order valence-corrected chi connectivity index (χ4v) is 3.43. The van der Waals surface area contributed by atoms with Crippen LogP contribution in [0.25, 0.3) is 16.7 Å². The molecule has 158 valence electrons. The first kappa shape index (κ1) is 20.7. The number of nitrogens with one attached hydrogen (secondary N) is 2. The number of pyridine rings is 1. The number of aromatic nitrogens is 3. The van der Waals surface area contributed by atoms with Gasteiger partial charge in [-0.15, -0.1) is 6.58 Å². The van der Waals surface area contributed by atoms with Crippen LogP contribution < -0.4 is 4.90 Å². The monoisotopic (exact) mass is 414 g/mol. The Morgan fingerprint density at radius 1 is 1.23 bits per heavy atom. The fraction of sp³-hybridized carbons (Fsp3) is 0.250. The molecule has 0 bridgehead atoms. The zero-order chi connectivity index (χ0) is 21.6. The number of imidazole rings is 1. The van der Waals surface area contributed by atoms with Crippen LogP contribution in [0.5, 0.6) is 0 Å². The van der Waals surface area contributed by atoms with Crippen LogP contribution in [0.4, 0.5) is 5.82 Å². The lowest BCUT2D eigenvalue weighted by atomic mass is 10.1. The highest BCUT2D eigenvalue weighted by atomic mass is 16.5. The Kier molecular flexibility index (Phi) is 6.33. The van der Waals surface area contributed by atoms with Crippen molar-refractivity contribution in [2.24, 2.45) is 4.99 Å². The summed E-state index contributed by atoms with van der Waals surface area (Å²) >= 11 is 0. The summed E-state index contributed by atoms with van der Waals surface area (Å²) in [7, 11) is 0. The number of benzene rings is 1. The van der Waals surface area contributed by atoms with Crippen molar-refractivity contribution in [3.8, 4) is 0 Å². The summed E-state index contributed by atoms with van der Waals surface area (Å²) in [5.41, 5.74) is 3.97. The molecule has 3 heterocycles. The molecule has 1 aliphatic rings. The number of nitrogens with zero attached hydrogens (tertiary/aromatic N) is 4. The van der Waals surface area contributed by atoms with E-state index in [-0.39, 0.29) is 0 Å². The van der Waals surface area contributed by atoms with Gasteiger partial charge in [0.05, 0.1) is 35.7 Å². The van der Waals surface area contributed by atoms with Crippen molar-refractivity contribution in [2.45, 2.75) is 12.8 Å². The molecule has 7 heteroatoms. The summed E-state index contributed by atoms with van der Waals surface area (Å²) in [4.78, 5) is 19.4. The van der Waals surface area contributed by atoms with Gasteiger partial charge in [-0.3, -0.25) is 0 Å². The number of aromatic amines is 1. The Hall–Kier alpha value is -3.58. The zero-order valence-electron chi connectivity index (χ0n) is 17.5. The van der Waals surface area contributed by atoms with Crippen LogP contribution in [0, 0.1) is 5.41 Å². The number of H-pyrrole nitrogens is 1. The van der Waals surface area contributed by atoms with E-state index in [4.69, 9.17) is 15.1 Å². The summed E-state index contributed by atoms with van der Waals surface area (Å²) in [6.45, 7) is 11.0. The van der Waals surface area contributed by atoms with Crippen LogP contribution >= 0.6 is 0 Å². The van der Waals surface area contributed by atoms with Gasteiger partial charge < -0.3 is 20.0 Å². The SMILES string of the molecule is C=CCCC(=N)C(=NC(=C)c1ccc(N2CCOCC2)nc1)c1nc2ccccc2[nH]1. The maximum atomic E-state index is 8.57. The smallest absolute Gasteiger partial charge is 0.159 e. The molecule has 0 atom stereocenters. The zero-order valence-corrected chi connectivity index (χ0v) is 17.5. The normalized spacial score (nSPS) is 14.6. The lowest BCUT2D eigenvalue weighted by Crippen LogP contribution is -2.36. The first-order valence-electron chi connectivity index (χ1n) is 10.4. The summed E-state index contributed by atoms with van der Waals surface area (Å²) in [5, 5.41) is 8.57. The Morgan fingerprint density at radius 3 is 2.74 bits per heavy atom. The van der Waals surface area contributed by atoms with Crippen molar-refractivity contribution in [2.75, 3.05) is 31.2 Å². The Morgan fingerprint density at radius 2 is 2.03 bits per heavy atom. The number of para-hydroxylation sites is 2. The van der Waals surface area contributed by atoms with Crippen molar-refractivity contribution < 1.29 is 4.74 Å². The molecule has 1 aromatic carbocycles. The van der Waals surface area contributed by atoms with Crippen LogP contribution in [0.3, 0.4) is 0 Å². The number of aliphatic imine (C=N–C) groups is 1. The standard InChI is InChI=1S/C24H26N6O/c1-3-4-7-19(25)23(24-28-20-8-5-6-9-21(20)29-24)27-17(2)18-10-11-22(26-16-18)30-12-14-31-15-13-30/h3,5-6,8-11,16,25H,1-2,4,7,12-15H2,(H,28,29). The second-order valence-corrected chi connectivity index (χ2v) is 7.32. The predicted molar refractivity (Wildman–Crippen MR) is 126 cm³/mol. The number of anilines is 1. The van der Waals surface area contributed by atoms with Gasteiger partial charge in [0, 0.05) is 24.8 Å². The van der Waals surface area contributed by atoms with Gasteiger partial charge in [0.25, 0.3) is 0 Å². The molecule has 31 heavy (non-hydrogen) atoms. The second-order valence-electron chi connectivity index (χ2n) is 7.32. The lowest BCUT2D eigenvalue weighted by Gasteiger charge is -2.27. The van der Waals surface area contributed by atoms with Crippen LogP contribution in [-0.4, -0.2) is 52.7 Å². The predicted octanol–water partition coefficient (Wildman–Crippen LogP) is 4.24. The van der Waals surface area contributed by atoms with E-state index in [9.17, 15) is 0 Å². The van der Waals surface area contributed by atoms with Crippen molar-refractivity contribution in [3.05, 3.63) is 73.2 Å². The molecule has 7 nitrogen and oxygen atoms in total. The molecule has 1 fully saturated rings. The van der Waals surface area contributed by atoms with E-state index in [0.29, 0.717) is 49.0 Å². The number of ether oxygens (including phenoxy) is 1. The minimum Gasteiger partial charge on any atom is -0.378 e. The molecule has 0 aliphatic carbocycles. The summed E-state index contributed by atoms with van der Waals surface area (Å²) in [6.07, 6.45) is 4.80. The molecule has 0 spiro atoms. The summed E-state index contributed by atoms with van der Waals surface area (Å²) in [6, 6.07) is 11.7. The van der Waals surface area contributed by atoms with Crippen LogP contribution in [0.2, 0.25) is 0 Å². The highest BCUT2D eigenvalue weighted by molar-refractivity contribution is 6.47. The van der Waals surface area contributed by atoms with E-state index >= 15 is 0 Å². The highest BCUT2D eigenvalue weighted by Gasteiger charge is 2.16. The molecule has 1 saturated heterocycles. The topological polar surface area (TPSA) is 90.2 Å². The molecule has 0 amide bonds. The van der Waals surface area contributed by atoms with E-state index in [1.54, 1.807) is 12.3 Å². The van der Waals surface area contributed by atoms with Gasteiger partial charge in [-0.05, 0) is 37.1 Å². The quantitative estimate of drug-likeness (QED) is 0.426. The third-order valence-corrected chi connectivity index (χ3v) is 5.16. The number of allylic oxidation sites excluding steroid dienone is 1. The summed E-state index contributed by atoms with van der Waals surface area (Å²) in [5.74, 6) is 1.48. The van der Waals surface area contributed by atoms with Crippen molar-refractivity contribution >= 4 is 34.0 Å². The lowest BCUT2D eigenvalue weighted by molar-refractivity contribution is 0.122. The average Bonchev–Trinajstić information content (AvgIpc) is 3.25. The maximum absolute atomic E-state index is 8.57. The van der Waals surface area contributed by atoms with Gasteiger partial charge in [-0.1, -0.05) is 24.8 Å². The molecule has 0 unspecified atom stereocenters. The first-order chi connectivity index (χ1) is 15.2. The number of rotatable bonds is 8. The Bertz CT molecular complexity index is 1090. The first-order valence-corrected chi connectivity index (χ1v) is 10.4. The van der Waals surface area contributed by atoms with E-state index in [0.717, 1.165) is 35.5 Å². The molecule has 2 N–H and O–H groups in total. The Labute approximate surface area is 181 Å². The van der Waals surface area contributed by atoms with Gasteiger partial charge >= 0.3 is 0 Å². The van der Waals surface area contributed by atoms with Gasteiger partial charge in [-0.25, -0.2) is 15.0 Å². The van der Waals surface area contributed by atoms with Crippen LogP contribution in [0.1, 0.15) is 24.2 Å². The molecule has 0 saturated carbocycles. The van der Waals surface area contributed by atoms with Crippen molar-refractivity contribution in [1.82, 2.24) is 15.0 Å². The van der Waals surface area contributed by atoms with Crippen molar-refractivity contribution in [1.29, 1.82) is 5.41 Å². The second kappa shape index (κ2) is 9.49. The van der Waals surface area contributed by atoms with E-state index in [2.05, 4.69) is 33.0 Å². The molecule has 4 rings (SSSR count). The third kappa shape index (κ3) is 4.78. The van der Waals surface area contributed by atoms with Gasteiger partial charge in [0.15, 0.2) is 5.82 Å². The molecular weight excluding hydrogens is 388 g/mol. The van der Waals surface area contributed by atoms with Gasteiger partial charge in [-0.2, -0.15) is 0 Å². The fourth-order valence-electron chi connectivity index (χ4n) is 3.43. The molecule has 1 aliphatic heterocycles. The van der Waals surface area contributed by atoms with Crippen molar-refractivity contribution in [3.63, 3.8) is 0 Å². The third-order valence-electron chi connectivity index (χ3n) is 5.16. The van der Waals surface area contributed by atoms with Gasteiger partial charge in [0.1, 0.15) is 11.5 Å². The van der Waals surface area contributed by atoms with Gasteiger partial charge in [0.2, 0.25) is 0 Å². The summed E-state index contributed by atoms with van der Waals surface area (Å²) < 4.78 is 5.40. The number of hydrogen-bond acceptors (Lipinski definition) is 6. The maximum Gasteiger partial charge on any atom is 0.159 e. The highest BCUT2D eigenvalue weighted by Crippen LogP contribution is 2.20. The van der Waals surface area contributed by atoms with Crippen LogP contribution in [-0.2, 0) is 4.74 Å². The number of hydrogen-bond donors (Lipinski definition) is 2. The number of morpholine rings is 1. The molecular formula is C24H26N6O. The van der Waals surface area contributed by atoms with E-state index < -0.39 is 0 Å². The van der Waals surface area contributed by atoms with Crippen LogP contribution in [0.15, 0.2) is 66.8 Å².